The molecular weight excluding hydrogens is 360 g/mol. The minimum absolute atomic E-state index is 0.0362. The van der Waals surface area contributed by atoms with Gasteiger partial charge in [-0.25, -0.2) is 0 Å². The van der Waals surface area contributed by atoms with Crippen LogP contribution in [0.4, 0.5) is 0 Å². The van der Waals surface area contributed by atoms with Gasteiger partial charge in [-0.05, 0) is 43.4 Å². The summed E-state index contributed by atoms with van der Waals surface area (Å²) in [4.78, 5) is 37.7. The molecule has 1 N–H and O–H groups in total. The number of fused-ring (bicyclic) bond motifs is 3. The van der Waals surface area contributed by atoms with Crippen LogP contribution >= 0.6 is 0 Å². The van der Waals surface area contributed by atoms with E-state index in [1.165, 1.54) is 14.2 Å². The van der Waals surface area contributed by atoms with Crippen LogP contribution in [0.15, 0.2) is 11.6 Å². The summed E-state index contributed by atoms with van der Waals surface area (Å²) in [5, 5.41) is 11.1. The summed E-state index contributed by atoms with van der Waals surface area (Å²) in [6.07, 6.45) is 4.05. The molecule has 28 heavy (non-hydrogen) atoms. The molecule has 3 aliphatic carbocycles. The second-order valence-electron chi connectivity index (χ2n) is 9.28. The SMILES string of the molecule is COC(=O)CC1=CC[C@H]2[C@@H](C(=O)[C@H](O)[C@@H]3[C@]2(C)CCC[C@]3(C)C(=O)OC)[C@H]1C. The third-order valence-electron chi connectivity index (χ3n) is 8.01. The molecule has 0 amide bonds. The van der Waals surface area contributed by atoms with E-state index in [4.69, 9.17) is 9.47 Å². The van der Waals surface area contributed by atoms with Crippen LogP contribution in [0.25, 0.3) is 0 Å². The molecule has 0 aromatic rings. The van der Waals surface area contributed by atoms with Crippen molar-refractivity contribution in [3.05, 3.63) is 11.6 Å². The predicted octanol–water partition coefficient (Wildman–Crippen LogP) is 2.68. The van der Waals surface area contributed by atoms with Crippen molar-refractivity contribution in [3.63, 3.8) is 0 Å². The standard InChI is InChI=1S/C22H32O6/c1-12-13(11-15(23)27-4)7-8-14-16(12)17(24)18(25)19-21(14,2)9-6-10-22(19,3)20(26)28-5/h7,12,14,16,18-19,25H,6,8-11H2,1-5H3/t12-,14-,16-,18-,19+,21+,22-/m0/s1. The number of methoxy groups -OCH3 is 2. The molecule has 2 saturated carbocycles. The van der Waals surface area contributed by atoms with Gasteiger partial charge in [-0.1, -0.05) is 31.9 Å². The van der Waals surface area contributed by atoms with Crippen molar-refractivity contribution in [1.82, 2.24) is 0 Å². The lowest BCUT2D eigenvalue weighted by Crippen LogP contribution is -2.65. The number of ketones is 1. The van der Waals surface area contributed by atoms with E-state index in [1.54, 1.807) is 0 Å². The highest BCUT2D eigenvalue weighted by Gasteiger charge is 2.65. The fraction of sp³-hybridized carbons (Fsp3) is 0.773. The van der Waals surface area contributed by atoms with Crippen LogP contribution in [0.2, 0.25) is 0 Å². The Labute approximate surface area is 166 Å². The van der Waals surface area contributed by atoms with Crippen LogP contribution in [-0.2, 0) is 23.9 Å². The predicted molar refractivity (Wildman–Crippen MR) is 102 cm³/mol. The van der Waals surface area contributed by atoms with Crippen LogP contribution in [0.1, 0.15) is 52.9 Å². The monoisotopic (exact) mass is 392 g/mol. The normalized spacial score (nSPS) is 42.7. The lowest BCUT2D eigenvalue weighted by molar-refractivity contribution is -0.196. The van der Waals surface area contributed by atoms with Gasteiger partial charge < -0.3 is 14.6 Å². The first kappa shape index (κ1) is 21.0. The Balaban J connectivity index is 2.03. The number of carbonyl (C=O) groups excluding carboxylic acids is 3. The maximum Gasteiger partial charge on any atom is 0.311 e. The van der Waals surface area contributed by atoms with Gasteiger partial charge in [0.05, 0.1) is 26.1 Å². The fourth-order valence-corrected chi connectivity index (χ4v) is 6.61. The Bertz CT molecular complexity index is 712. The summed E-state index contributed by atoms with van der Waals surface area (Å²) < 4.78 is 9.87. The third kappa shape index (κ3) is 2.92. The number of aliphatic hydroxyl groups excluding tert-OH is 1. The van der Waals surface area contributed by atoms with E-state index < -0.39 is 17.4 Å². The van der Waals surface area contributed by atoms with Crippen LogP contribution in [0.3, 0.4) is 0 Å². The summed E-state index contributed by atoms with van der Waals surface area (Å²) in [6.45, 7) is 5.92. The van der Waals surface area contributed by atoms with E-state index >= 15 is 0 Å². The molecular formula is C22H32O6. The molecule has 0 aromatic carbocycles. The first-order chi connectivity index (χ1) is 13.1. The number of ether oxygens (including phenoxy) is 2. The van der Waals surface area contributed by atoms with Gasteiger partial charge in [-0.3, -0.25) is 14.4 Å². The highest BCUT2D eigenvalue weighted by Crippen LogP contribution is 2.63. The molecule has 6 nitrogen and oxygen atoms in total. The maximum atomic E-state index is 13.3. The van der Waals surface area contributed by atoms with E-state index in [1.807, 2.05) is 13.8 Å². The Morgan fingerprint density at radius 3 is 2.50 bits per heavy atom. The molecule has 0 radical (unpaired) electrons. The number of Topliss-reactive ketones (excluding diaryl/α,β-unsaturated/α-hetero) is 1. The number of allylic oxidation sites excluding steroid dienone is 1. The van der Waals surface area contributed by atoms with E-state index in [-0.39, 0.29) is 47.3 Å². The number of rotatable bonds is 3. The van der Waals surface area contributed by atoms with Gasteiger partial charge in [0, 0.05) is 11.8 Å². The summed E-state index contributed by atoms with van der Waals surface area (Å²) in [5.41, 5.74) is -0.316. The van der Waals surface area contributed by atoms with Crippen molar-refractivity contribution in [1.29, 1.82) is 0 Å². The lowest BCUT2D eigenvalue weighted by atomic mass is 9.42. The largest absolute Gasteiger partial charge is 0.469 e. The second-order valence-corrected chi connectivity index (χ2v) is 9.28. The number of carbonyl (C=O) groups is 3. The molecule has 3 rings (SSSR count). The fourth-order valence-electron chi connectivity index (χ4n) is 6.61. The molecule has 156 valence electrons. The summed E-state index contributed by atoms with van der Waals surface area (Å²) in [6, 6.07) is 0. The van der Waals surface area contributed by atoms with Crippen molar-refractivity contribution < 1.29 is 29.0 Å². The zero-order valence-corrected chi connectivity index (χ0v) is 17.5. The Morgan fingerprint density at radius 2 is 1.89 bits per heavy atom. The van der Waals surface area contributed by atoms with E-state index in [2.05, 4.69) is 13.0 Å². The van der Waals surface area contributed by atoms with Crippen LogP contribution in [0, 0.1) is 34.5 Å². The van der Waals surface area contributed by atoms with Crippen molar-refractivity contribution >= 4 is 17.7 Å². The molecule has 3 aliphatic rings. The maximum absolute atomic E-state index is 13.3. The first-order valence-electron chi connectivity index (χ1n) is 10.2. The van der Waals surface area contributed by atoms with Crippen molar-refractivity contribution in [2.24, 2.45) is 34.5 Å². The van der Waals surface area contributed by atoms with E-state index in [0.29, 0.717) is 12.8 Å². The molecule has 0 spiro atoms. The Morgan fingerprint density at radius 1 is 1.21 bits per heavy atom. The van der Waals surface area contributed by atoms with E-state index in [0.717, 1.165) is 18.4 Å². The minimum Gasteiger partial charge on any atom is -0.469 e. The van der Waals surface area contributed by atoms with Gasteiger partial charge in [0.25, 0.3) is 0 Å². The van der Waals surface area contributed by atoms with Gasteiger partial charge in [0.15, 0.2) is 5.78 Å². The highest BCUT2D eigenvalue weighted by molar-refractivity contribution is 5.90. The highest BCUT2D eigenvalue weighted by atomic mass is 16.5. The van der Waals surface area contributed by atoms with Gasteiger partial charge in [0.1, 0.15) is 6.10 Å². The topological polar surface area (TPSA) is 89.9 Å². The first-order valence-corrected chi connectivity index (χ1v) is 10.2. The zero-order valence-electron chi connectivity index (χ0n) is 17.5. The smallest absolute Gasteiger partial charge is 0.311 e. The average Bonchev–Trinajstić information content (AvgIpc) is 2.66. The molecule has 0 bridgehead atoms. The molecule has 0 unspecified atom stereocenters. The van der Waals surface area contributed by atoms with Gasteiger partial charge in [-0.15, -0.1) is 0 Å². The Hall–Kier alpha value is -1.69. The van der Waals surface area contributed by atoms with Gasteiger partial charge >= 0.3 is 11.9 Å². The molecule has 7 atom stereocenters. The number of aliphatic hydroxyl groups is 1. The van der Waals surface area contributed by atoms with Crippen LogP contribution in [-0.4, -0.2) is 43.2 Å². The number of hydrogen-bond donors (Lipinski definition) is 1. The van der Waals surface area contributed by atoms with Crippen LogP contribution < -0.4 is 0 Å². The lowest BCUT2D eigenvalue weighted by Gasteiger charge is -2.61. The molecule has 2 fully saturated rings. The average molecular weight is 392 g/mol. The summed E-state index contributed by atoms with van der Waals surface area (Å²) in [7, 11) is 2.72. The van der Waals surface area contributed by atoms with Crippen molar-refractivity contribution in [2.75, 3.05) is 14.2 Å². The minimum atomic E-state index is -1.20. The molecule has 0 aliphatic heterocycles. The molecule has 6 heteroatoms. The molecule has 0 saturated heterocycles. The second kappa shape index (κ2) is 7.29. The number of esters is 2. The summed E-state index contributed by atoms with van der Waals surface area (Å²) >= 11 is 0. The zero-order chi connectivity index (χ0) is 20.9. The Kier molecular flexibility index (Phi) is 5.47. The van der Waals surface area contributed by atoms with Crippen molar-refractivity contribution in [2.45, 2.75) is 59.0 Å². The van der Waals surface area contributed by atoms with Crippen LogP contribution in [0.5, 0.6) is 0 Å². The number of hydrogen-bond acceptors (Lipinski definition) is 6. The third-order valence-corrected chi connectivity index (χ3v) is 8.01. The quantitative estimate of drug-likeness (QED) is 0.587. The van der Waals surface area contributed by atoms with Gasteiger partial charge in [0.2, 0.25) is 0 Å². The van der Waals surface area contributed by atoms with E-state index in [9.17, 15) is 19.5 Å². The van der Waals surface area contributed by atoms with Gasteiger partial charge in [-0.2, -0.15) is 0 Å². The molecule has 0 aromatic heterocycles. The van der Waals surface area contributed by atoms with Crippen molar-refractivity contribution in [3.8, 4) is 0 Å². The summed E-state index contributed by atoms with van der Waals surface area (Å²) in [5.74, 6) is -1.77. The molecule has 0 heterocycles.